The van der Waals surface area contributed by atoms with Gasteiger partial charge in [-0.1, -0.05) is 44.9 Å². The lowest BCUT2D eigenvalue weighted by Crippen LogP contribution is -2.30. The van der Waals surface area contributed by atoms with Crippen LogP contribution < -0.4 is 0 Å². The molecule has 3 rings (SSSR count). The molecule has 1 N–H and O–H groups in total. The number of nitrogens with zero attached hydrogens (tertiary/aromatic N) is 4. The Bertz CT molecular complexity index is 1010. The van der Waals surface area contributed by atoms with E-state index >= 15 is 0 Å². The lowest BCUT2D eigenvalue weighted by molar-refractivity contribution is -0.146. The number of carbonyl (C=O) groups excluding carboxylic acids is 1. The quantitative estimate of drug-likeness (QED) is 0.142. The first-order chi connectivity index (χ1) is 16.3. The number of aliphatic hydroxyl groups excluding tert-OH is 1. The van der Waals surface area contributed by atoms with Crippen molar-refractivity contribution in [1.29, 1.82) is 0 Å². The molecule has 2 aromatic rings. The highest BCUT2D eigenvalue weighted by atomic mass is 16.6. The molecular formula is C26H38N4O4. The Morgan fingerprint density at radius 2 is 2.06 bits per heavy atom. The summed E-state index contributed by atoms with van der Waals surface area (Å²) in [5.41, 5.74) is 11.1. The Labute approximate surface area is 201 Å². The van der Waals surface area contributed by atoms with Crippen molar-refractivity contribution in [2.45, 2.75) is 71.8 Å². The van der Waals surface area contributed by atoms with Crippen LogP contribution >= 0.6 is 0 Å². The monoisotopic (exact) mass is 470 g/mol. The second-order valence-electron chi connectivity index (χ2n) is 10.1. The number of hydrogen-bond acceptors (Lipinski definition) is 5. The summed E-state index contributed by atoms with van der Waals surface area (Å²) in [5.74, 6) is -0.269. The van der Waals surface area contributed by atoms with Crippen molar-refractivity contribution in [2.75, 3.05) is 13.7 Å². The zero-order valence-corrected chi connectivity index (χ0v) is 20.9. The van der Waals surface area contributed by atoms with E-state index in [0.29, 0.717) is 19.4 Å². The van der Waals surface area contributed by atoms with E-state index in [4.69, 9.17) is 9.47 Å². The summed E-state index contributed by atoms with van der Waals surface area (Å²) in [7, 11) is 1.70. The summed E-state index contributed by atoms with van der Waals surface area (Å²) in [6.45, 7) is 9.65. The van der Waals surface area contributed by atoms with Crippen LogP contribution in [0.4, 0.5) is 0 Å². The standard InChI is InChI=1S/C26H38N4O4/c1-16(2)20(14-22(28-29-27)24-15-21(17(3)4)26(32)34-24)25(31)19-8-7-18-9-11-30(23(18)13-19)10-6-12-33-5/h7-9,11,13,16-17,20-22,24-25,31H,6,10,12,14-15H2,1-5H3/t20-,21-,22-,24-,25?/m0/s1. The van der Waals surface area contributed by atoms with Gasteiger partial charge in [0.15, 0.2) is 0 Å². The number of aryl methyl sites for hydroxylation is 1. The van der Waals surface area contributed by atoms with E-state index in [0.717, 1.165) is 29.4 Å². The average molecular weight is 471 g/mol. The minimum absolute atomic E-state index is 0.133. The molecule has 1 aromatic heterocycles. The van der Waals surface area contributed by atoms with E-state index in [1.807, 2.05) is 26.0 Å². The largest absolute Gasteiger partial charge is 0.462 e. The fourth-order valence-electron chi connectivity index (χ4n) is 5.00. The smallest absolute Gasteiger partial charge is 0.309 e. The Kier molecular flexibility index (Phi) is 9.00. The lowest BCUT2D eigenvalue weighted by atomic mass is 9.80. The second-order valence-corrected chi connectivity index (χ2v) is 10.1. The molecule has 0 amide bonds. The van der Waals surface area contributed by atoms with Gasteiger partial charge >= 0.3 is 5.97 Å². The molecule has 0 radical (unpaired) electrons. The molecule has 1 aliphatic rings. The molecule has 0 aliphatic carbocycles. The van der Waals surface area contributed by atoms with E-state index < -0.39 is 18.2 Å². The third kappa shape index (κ3) is 5.93. The van der Waals surface area contributed by atoms with Gasteiger partial charge in [-0.25, -0.2) is 0 Å². The first kappa shape index (κ1) is 26.1. The van der Waals surface area contributed by atoms with Crippen molar-refractivity contribution in [1.82, 2.24) is 4.57 Å². The van der Waals surface area contributed by atoms with Crippen LogP contribution in [0.3, 0.4) is 0 Å². The van der Waals surface area contributed by atoms with Gasteiger partial charge in [0.1, 0.15) is 6.10 Å². The minimum atomic E-state index is -0.735. The number of aromatic nitrogens is 1. The highest BCUT2D eigenvalue weighted by Crippen LogP contribution is 2.38. The van der Waals surface area contributed by atoms with Crippen molar-refractivity contribution in [3.63, 3.8) is 0 Å². The van der Waals surface area contributed by atoms with Crippen LogP contribution in [-0.2, 0) is 20.8 Å². The van der Waals surface area contributed by atoms with Crippen molar-refractivity contribution in [3.05, 3.63) is 46.5 Å². The van der Waals surface area contributed by atoms with Crippen molar-refractivity contribution in [3.8, 4) is 0 Å². The predicted octanol–water partition coefficient (Wildman–Crippen LogP) is 5.64. The molecule has 1 aliphatic heterocycles. The number of benzene rings is 1. The third-order valence-electron chi connectivity index (χ3n) is 7.15. The van der Waals surface area contributed by atoms with Gasteiger partial charge in [0.2, 0.25) is 0 Å². The van der Waals surface area contributed by atoms with Crippen LogP contribution in [0, 0.1) is 23.7 Å². The molecule has 0 spiro atoms. The van der Waals surface area contributed by atoms with Crippen LogP contribution in [0.1, 0.15) is 58.6 Å². The maximum atomic E-state index is 12.3. The normalized spacial score (nSPS) is 21.0. The molecule has 1 unspecified atom stereocenters. The maximum Gasteiger partial charge on any atom is 0.309 e. The summed E-state index contributed by atoms with van der Waals surface area (Å²) in [6.07, 6.45) is 2.77. The topological polar surface area (TPSA) is 109 Å². The van der Waals surface area contributed by atoms with E-state index in [-0.39, 0.29) is 29.6 Å². The molecule has 1 saturated heterocycles. The van der Waals surface area contributed by atoms with Crippen molar-refractivity contribution in [2.24, 2.45) is 28.8 Å². The number of ether oxygens (including phenoxy) is 2. The Morgan fingerprint density at radius 3 is 2.68 bits per heavy atom. The summed E-state index contributed by atoms with van der Waals surface area (Å²) in [4.78, 5) is 15.4. The maximum absolute atomic E-state index is 12.3. The third-order valence-corrected chi connectivity index (χ3v) is 7.15. The SMILES string of the molecule is COCCCn1ccc2ccc(C(O)[C@@H](C[C@H](N=[N+]=[N-])[C@@H]3C[C@@H](C(C)C)C(=O)O3)C(C)C)cc21. The van der Waals surface area contributed by atoms with Crippen LogP contribution in [0.25, 0.3) is 21.3 Å². The molecule has 1 aromatic carbocycles. The summed E-state index contributed by atoms with van der Waals surface area (Å²) >= 11 is 0. The minimum Gasteiger partial charge on any atom is -0.462 e. The number of fused-ring (bicyclic) bond motifs is 1. The zero-order valence-electron chi connectivity index (χ0n) is 20.9. The second kappa shape index (κ2) is 11.7. The number of aliphatic hydroxyl groups is 1. The molecule has 0 saturated carbocycles. The molecule has 8 nitrogen and oxygen atoms in total. The fraction of sp³-hybridized carbons (Fsp3) is 0.654. The molecule has 34 heavy (non-hydrogen) atoms. The van der Waals surface area contributed by atoms with Gasteiger partial charge in [0.05, 0.1) is 18.1 Å². The highest BCUT2D eigenvalue weighted by Gasteiger charge is 2.41. The Hall–Kier alpha value is -2.54. The average Bonchev–Trinajstić information content (AvgIpc) is 3.39. The van der Waals surface area contributed by atoms with Crippen molar-refractivity contribution < 1.29 is 19.4 Å². The first-order valence-electron chi connectivity index (χ1n) is 12.3. The molecule has 5 atom stereocenters. The Balaban J connectivity index is 1.82. The number of hydrogen-bond donors (Lipinski definition) is 1. The van der Waals surface area contributed by atoms with E-state index in [2.05, 4.69) is 46.8 Å². The molecule has 0 bridgehead atoms. The summed E-state index contributed by atoms with van der Waals surface area (Å²) < 4.78 is 13.0. The van der Waals surface area contributed by atoms with Crippen LogP contribution in [0.5, 0.6) is 0 Å². The molecular weight excluding hydrogens is 432 g/mol. The van der Waals surface area contributed by atoms with E-state index in [1.54, 1.807) is 7.11 Å². The number of rotatable bonds is 12. The van der Waals surface area contributed by atoms with Gasteiger partial charge in [-0.3, -0.25) is 4.79 Å². The van der Waals surface area contributed by atoms with Gasteiger partial charge < -0.3 is 19.1 Å². The molecule has 1 fully saturated rings. The van der Waals surface area contributed by atoms with Gasteiger partial charge in [0, 0.05) is 36.9 Å². The number of carbonyl (C=O) groups is 1. The van der Waals surface area contributed by atoms with E-state index in [9.17, 15) is 15.4 Å². The molecule has 186 valence electrons. The van der Waals surface area contributed by atoms with Gasteiger partial charge in [-0.2, -0.15) is 0 Å². The molecule has 8 heteroatoms. The van der Waals surface area contributed by atoms with Gasteiger partial charge in [0.25, 0.3) is 0 Å². The van der Waals surface area contributed by atoms with Gasteiger partial charge in [-0.05, 0) is 65.6 Å². The zero-order chi connectivity index (χ0) is 24.8. The summed E-state index contributed by atoms with van der Waals surface area (Å²) in [6, 6.07) is 7.62. The van der Waals surface area contributed by atoms with E-state index in [1.165, 1.54) is 0 Å². The number of esters is 1. The molecule has 2 heterocycles. The number of cyclic esters (lactones) is 1. The Morgan fingerprint density at radius 1 is 1.29 bits per heavy atom. The van der Waals surface area contributed by atoms with Gasteiger partial charge in [-0.15, -0.1) is 0 Å². The number of azide groups is 1. The van der Waals surface area contributed by atoms with Crippen LogP contribution in [-0.4, -0.2) is 41.5 Å². The van der Waals surface area contributed by atoms with Crippen LogP contribution in [0.15, 0.2) is 35.6 Å². The van der Waals surface area contributed by atoms with Crippen LogP contribution in [0.2, 0.25) is 0 Å². The summed E-state index contributed by atoms with van der Waals surface area (Å²) in [5, 5.41) is 16.6. The fourth-order valence-corrected chi connectivity index (χ4v) is 5.00. The highest BCUT2D eigenvalue weighted by molar-refractivity contribution is 5.81. The lowest BCUT2D eigenvalue weighted by Gasteiger charge is -2.30. The first-order valence-corrected chi connectivity index (χ1v) is 12.3. The van der Waals surface area contributed by atoms with Crippen molar-refractivity contribution >= 4 is 16.9 Å². The number of methoxy groups -OCH3 is 1. The predicted molar refractivity (Wildman–Crippen MR) is 132 cm³/mol.